The second-order valence-corrected chi connectivity index (χ2v) is 23.0. The van der Waals surface area contributed by atoms with Gasteiger partial charge in [-0.3, -0.25) is 14.2 Å². The maximum atomic E-state index is 13.3. The normalized spacial score (nSPS) is 10.1. The molecule has 3 heterocycles. The molecular formula is C58H47Cl4CsF8N3O13P. The van der Waals surface area contributed by atoms with Gasteiger partial charge in [0.1, 0.15) is 11.4 Å². The van der Waals surface area contributed by atoms with Crippen molar-refractivity contribution in [3.8, 4) is 34.5 Å². The summed E-state index contributed by atoms with van der Waals surface area (Å²) in [6.45, 7) is 0. The van der Waals surface area contributed by atoms with Crippen LogP contribution in [0.2, 0.25) is 5.15 Å². The van der Waals surface area contributed by atoms with Crippen LogP contribution in [-0.4, -0.2) is 86.0 Å². The molecule has 0 radical (unpaired) electrons. The zero-order chi connectivity index (χ0) is 64.3. The van der Waals surface area contributed by atoms with Gasteiger partial charge in [0.15, 0.2) is 69.4 Å². The van der Waals surface area contributed by atoms with Crippen LogP contribution in [0.25, 0.3) is 44.5 Å². The van der Waals surface area contributed by atoms with Gasteiger partial charge in [0.05, 0.1) is 48.0 Å². The van der Waals surface area contributed by atoms with E-state index in [0.717, 1.165) is 23.6 Å². The zero-order valence-corrected chi connectivity index (χ0v) is 57.0. The Hall–Kier alpha value is -6.88. The van der Waals surface area contributed by atoms with E-state index in [1.54, 1.807) is 30.5 Å². The number of carbonyl (C=O) groups is 3. The molecule has 3 aromatic heterocycles. The van der Waals surface area contributed by atoms with E-state index in [1.165, 1.54) is 146 Å². The van der Waals surface area contributed by atoms with Crippen molar-refractivity contribution in [2.75, 3.05) is 42.7 Å². The SMILES string of the molecule is COc1cc(/C=C/C(=O)O)ccc1F.COc1cc(/C=C/C(=O)O)ccc1F.COc1cc(C=O)ccc1F.COc1cc2cc[nH]c(=O)c2cc1F.COc1cc2ccnc(Cl)c2cc1F.COc1cc2ccnc(F)c2cc1F.O=P(Cl)(Cl)Cl.[Cs+].[F-]. The van der Waals surface area contributed by atoms with Crippen molar-refractivity contribution in [1.29, 1.82) is 0 Å². The van der Waals surface area contributed by atoms with Crippen molar-refractivity contribution >= 4 is 113 Å². The topological polar surface area (TPSA) is 223 Å². The summed E-state index contributed by atoms with van der Waals surface area (Å²) >= 11 is 19.7. The third-order valence-electron chi connectivity index (χ3n) is 10.5. The first-order valence-electron chi connectivity index (χ1n) is 23.6. The molecule has 0 fully saturated rings. The number of benzene rings is 6. The molecule has 0 bridgehead atoms. The number of hydrogen-bond acceptors (Lipinski definition) is 13. The number of nitrogens with zero attached hydrogens (tertiary/aromatic N) is 2. The molecule has 0 aliphatic carbocycles. The molecule has 6 aromatic carbocycles. The van der Waals surface area contributed by atoms with E-state index >= 15 is 0 Å². The smallest absolute Gasteiger partial charge is 1.00 e. The Kier molecular flexibility index (Phi) is 35.9. The molecule has 9 rings (SSSR count). The third-order valence-corrected chi connectivity index (χ3v) is 10.8. The number of hydrogen-bond donors (Lipinski definition) is 3. The van der Waals surface area contributed by atoms with Crippen LogP contribution >= 0.6 is 50.5 Å². The van der Waals surface area contributed by atoms with Gasteiger partial charge in [0.2, 0.25) is 5.95 Å². The van der Waals surface area contributed by atoms with Gasteiger partial charge in [-0.15, -0.1) is 0 Å². The van der Waals surface area contributed by atoms with E-state index < -0.39 is 58.0 Å². The quantitative estimate of drug-likeness (QED) is 0.0361. The molecule has 0 aliphatic heterocycles. The summed E-state index contributed by atoms with van der Waals surface area (Å²) in [4.78, 5) is 51.6. The van der Waals surface area contributed by atoms with E-state index in [0.29, 0.717) is 49.7 Å². The van der Waals surface area contributed by atoms with Gasteiger partial charge in [0.25, 0.3) is 5.56 Å². The Bertz CT molecular complexity index is 3810. The number of H-pyrrole nitrogens is 1. The third kappa shape index (κ3) is 26.8. The Morgan fingerprint density at radius 3 is 1.22 bits per heavy atom. The number of fused-ring (bicyclic) bond motifs is 3. The molecule has 0 spiro atoms. The van der Waals surface area contributed by atoms with Crippen LogP contribution in [0.1, 0.15) is 21.5 Å². The molecule has 9 aromatic rings. The number of pyridine rings is 3. The minimum Gasteiger partial charge on any atom is -1.00 e. The number of carboxylic acids is 2. The molecular weight excluding hydrogens is 1400 g/mol. The fourth-order valence-corrected chi connectivity index (χ4v) is 6.80. The summed E-state index contributed by atoms with van der Waals surface area (Å²) in [6, 6.07) is 25.3. The van der Waals surface area contributed by atoms with Crippen LogP contribution in [0, 0.1) is 40.9 Å². The maximum absolute atomic E-state index is 13.3. The van der Waals surface area contributed by atoms with Gasteiger partial charge in [-0.1, -0.05) is 23.7 Å². The second-order valence-electron chi connectivity index (χ2n) is 16.0. The number of carboxylic acid groups (broad SMARTS) is 2. The summed E-state index contributed by atoms with van der Waals surface area (Å²) < 4.78 is 129. The summed E-state index contributed by atoms with van der Waals surface area (Å²) in [7, 11) is 8.23. The fraction of sp³-hybridized carbons (Fsp3) is 0.103. The number of halogens is 12. The van der Waals surface area contributed by atoms with E-state index in [9.17, 15) is 54.5 Å². The van der Waals surface area contributed by atoms with Gasteiger partial charge in [-0.05, 0) is 170 Å². The average molecular weight is 1450 g/mol. The zero-order valence-electron chi connectivity index (χ0n) is 46.8. The molecule has 462 valence electrons. The first kappa shape index (κ1) is 79.1. The second kappa shape index (κ2) is 39.9. The Balaban J connectivity index is 0.000000518. The van der Waals surface area contributed by atoms with E-state index in [1.807, 2.05) is 0 Å². The van der Waals surface area contributed by atoms with Gasteiger partial charge in [-0.2, -0.15) is 4.39 Å². The molecule has 0 atom stereocenters. The van der Waals surface area contributed by atoms with Crippen molar-refractivity contribution in [3.63, 3.8) is 0 Å². The number of aromatic amines is 1. The predicted octanol–water partition coefficient (Wildman–Crippen LogP) is 9.56. The molecule has 30 heteroatoms. The standard InChI is InChI=1S/C10H7ClFNO.C10H7F2NO.C10H8FNO2.2C10H9FO3.C8H7FO2.Cl3OP.Cs.FH/c1-14-9-4-6-2-3-13-10(11)7(6)5-8(9)12;1-14-9-4-6-2-3-13-10(12)7(6)5-8(9)11;1-14-9-4-6-2-3-12-10(13)7(6)5-8(9)11;2*1-14-9-6-7(2-4-8(9)11)3-5-10(12)13;1-11-8-4-6(5-10)2-3-7(8)9;1-5(2,3)4;;/h2*2-5H,1H3;2-5H,1H3,(H,12,13);2*2-6H,1H3,(H,12,13);2-5H,1H3;;;1H/q;;;;;;;+1;/p-1/b;;;2*5-3+;;;;. The van der Waals surface area contributed by atoms with E-state index in [2.05, 4.69) is 53.4 Å². The molecule has 0 saturated heterocycles. The fourth-order valence-electron chi connectivity index (χ4n) is 6.58. The van der Waals surface area contributed by atoms with Crippen LogP contribution in [0.4, 0.5) is 30.7 Å². The molecule has 0 saturated carbocycles. The molecule has 0 aliphatic rings. The van der Waals surface area contributed by atoms with Gasteiger partial charge >= 0.3 is 86.0 Å². The largest absolute Gasteiger partial charge is 1.00 e. The molecule has 0 amide bonds. The van der Waals surface area contributed by atoms with Gasteiger partial charge < -0.3 is 48.3 Å². The number of aromatic nitrogens is 3. The number of ether oxygens (including phenoxy) is 6. The summed E-state index contributed by atoms with van der Waals surface area (Å²) in [5.41, 5.74) is 1.25. The van der Waals surface area contributed by atoms with Crippen LogP contribution < -0.4 is 108 Å². The predicted molar refractivity (Wildman–Crippen MR) is 315 cm³/mol. The minimum absolute atomic E-state index is 0. The monoisotopic (exact) mass is 1450 g/mol. The maximum Gasteiger partial charge on any atom is 1.00 e. The average Bonchev–Trinajstić information content (AvgIpc) is 2.08. The summed E-state index contributed by atoms with van der Waals surface area (Å²) in [6.07, 6.45) is 9.74. The Morgan fingerprint density at radius 2 is 0.830 bits per heavy atom. The van der Waals surface area contributed by atoms with Crippen molar-refractivity contribution in [3.05, 3.63) is 213 Å². The summed E-state index contributed by atoms with van der Waals surface area (Å²) in [5.74, 6) is -5.00. The van der Waals surface area contributed by atoms with Crippen LogP contribution in [0.15, 0.2) is 145 Å². The Labute approximate surface area is 574 Å². The minimum atomic E-state index is -3.22. The molecule has 0 unspecified atom stereocenters. The van der Waals surface area contributed by atoms with Crippen LogP contribution in [-0.2, 0) is 14.2 Å². The van der Waals surface area contributed by atoms with Crippen molar-refractivity contribution < 1.29 is 162 Å². The van der Waals surface area contributed by atoms with Crippen LogP contribution in [0.3, 0.4) is 0 Å². The van der Waals surface area contributed by atoms with Crippen molar-refractivity contribution in [2.24, 2.45) is 0 Å². The number of aliphatic carboxylic acids is 2. The first-order valence-corrected chi connectivity index (χ1v) is 28.4. The molecule has 88 heavy (non-hydrogen) atoms. The van der Waals surface area contributed by atoms with Crippen LogP contribution in [0.5, 0.6) is 34.5 Å². The first-order chi connectivity index (χ1) is 40.7. The molecule has 3 N–H and O–H groups in total. The Morgan fingerprint density at radius 1 is 0.500 bits per heavy atom. The number of aldehydes is 1. The number of nitrogens with one attached hydrogen (secondary N) is 1. The number of carbonyl (C=O) groups excluding carboxylic acids is 1. The van der Waals surface area contributed by atoms with E-state index in [-0.39, 0.29) is 119 Å². The number of methoxy groups -OCH3 is 6. The van der Waals surface area contributed by atoms with E-state index in [4.69, 9.17) is 45.5 Å². The summed E-state index contributed by atoms with van der Waals surface area (Å²) in [5, 5.41) is 16.9. The van der Waals surface area contributed by atoms with Crippen molar-refractivity contribution in [2.45, 2.75) is 0 Å². The van der Waals surface area contributed by atoms with Gasteiger partial charge in [-0.25, -0.2) is 45.9 Å². The molecule has 16 nitrogen and oxygen atoms in total. The number of rotatable bonds is 11. The van der Waals surface area contributed by atoms with Gasteiger partial charge in [0, 0.05) is 47.1 Å². The van der Waals surface area contributed by atoms with Crippen molar-refractivity contribution in [1.82, 2.24) is 15.0 Å².